The van der Waals surface area contributed by atoms with Crippen LogP contribution >= 0.6 is 0 Å². The van der Waals surface area contributed by atoms with E-state index in [2.05, 4.69) is 4.74 Å². The fourth-order valence-corrected chi connectivity index (χ4v) is 0.702. The molecule has 0 spiro atoms. The zero-order chi connectivity index (χ0) is 8.97. The lowest BCUT2D eigenvalue weighted by atomic mass is 10.3. The molecule has 6 heteroatoms. The van der Waals surface area contributed by atoms with Gasteiger partial charge in [-0.25, -0.2) is 0 Å². The van der Waals surface area contributed by atoms with E-state index in [1.54, 1.807) is 0 Å². The van der Waals surface area contributed by atoms with Crippen LogP contribution in [0.25, 0.3) is 0 Å². The maximum absolute atomic E-state index is 10.2. The van der Waals surface area contributed by atoms with E-state index in [0.717, 1.165) is 0 Å². The molecule has 1 rings (SSSR count). The molecule has 0 radical (unpaired) electrons. The fraction of sp³-hybridized carbons (Fsp3) is 0. The van der Waals surface area contributed by atoms with Gasteiger partial charge in [0, 0.05) is 12.1 Å². The summed E-state index contributed by atoms with van der Waals surface area (Å²) in [5, 5.41) is 10.2. The summed E-state index contributed by atoms with van der Waals surface area (Å²) in [4.78, 5) is 19.5. The molecular formula is C7H8N2O4. The van der Waals surface area contributed by atoms with Gasteiger partial charge >= 0.3 is 0 Å². The Kier molecular flexibility index (Phi) is 4.11. The fourth-order valence-electron chi connectivity index (χ4n) is 0.702. The van der Waals surface area contributed by atoms with E-state index in [-0.39, 0.29) is 24.1 Å². The van der Waals surface area contributed by atoms with E-state index in [0.29, 0.717) is 0 Å². The van der Waals surface area contributed by atoms with Gasteiger partial charge < -0.3 is 10.9 Å². The number of carbonyl (C=O) groups is 1. The lowest BCUT2D eigenvalue weighted by Gasteiger charge is -1.94. The second-order valence-corrected chi connectivity index (χ2v) is 1.97. The van der Waals surface area contributed by atoms with Crippen LogP contribution in [0.2, 0.25) is 0 Å². The molecular weight excluding hydrogens is 176 g/mol. The van der Waals surface area contributed by atoms with Crippen molar-refractivity contribution in [1.82, 2.24) is 6.15 Å². The van der Waals surface area contributed by atoms with Gasteiger partial charge in [0.25, 0.3) is 12.2 Å². The molecule has 0 bridgehead atoms. The molecule has 0 unspecified atom stereocenters. The molecule has 0 aliphatic rings. The Morgan fingerprint density at radius 2 is 1.85 bits per heavy atom. The maximum Gasteiger partial charge on any atom is 0.298 e. The van der Waals surface area contributed by atoms with Crippen LogP contribution in [0.1, 0.15) is 0 Å². The number of ether oxygens (including phenoxy) is 1. The van der Waals surface area contributed by atoms with E-state index in [1.165, 1.54) is 24.3 Å². The number of nitro benzene ring substituents is 1. The smallest absolute Gasteiger partial charge is 0.298 e. The van der Waals surface area contributed by atoms with Crippen molar-refractivity contribution in [3.8, 4) is 5.75 Å². The predicted molar refractivity (Wildman–Crippen MR) is 44.8 cm³/mol. The monoisotopic (exact) mass is 184 g/mol. The Labute approximate surface area is 73.9 Å². The molecule has 0 fully saturated rings. The van der Waals surface area contributed by atoms with E-state index < -0.39 is 4.92 Å². The minimum Gasteiger partial charge on any atom is -0.429 e. The van der Waals surface area contributed by atoms with Crippen LogP contribution < -0.4 is 10.9 Å². The third-order valence-electron chi connectivity index (χ3n) is 1.23. The Balaban J connectivity index is 0.00000144. The summed E-state index contributed by atoms with van der Waals surface area (Å²) in [6.07, 6.45) is 0. The average Bonchev–Trinajstić information content (AvgIpc) is 2.06. The first-order valence-corrected chi connectivity index (χ1v) is 3.09. The summed E-state index contributed by atoms with van der Waals surface area (Å²) in [6, 6.07) is 5.23. The van der Waals surface area contributed by atoms with Gasteiger partial charge in [0.2, 0.25) is 0 Å². The highest BCUT2D eigenvalue weighted by Gasteiger charge is 2.03. The second-order valence-electron chi connectivity index (χ2n) is 1.97. The summed E-state index contributed by atoms with van der Waals surface area (Å²) >= 11 is 0. The number of carbonyl (C=O) groups excluding carboxylic acids is 1. The minimum atomic E-state index is -0.523. The number of nitro groups is 1. The molecule has 0 atom stereocenters. The van der Waals surface area contributed by atoms with E-state index >= 15 is 0 Å². The number of nitrogens with zero attached hydrogens (tertiary/aromatic N) is 1. The van der Waals surface area contributed by atoms with Crippen LogP contribution in [0, 0.1) is 10.1 Å². The van der Waals surface area contributed by atoms with E-state index in [4.69, 9.17) is 0 Å². The van der Waals surface area contributed by atoms with E-state index in [9.17, 15) is 14.9 Å². The Morgan fingerprint density at radius 3 is 2.23 bits per heavy atom. The van der Waals surface area contributed by atoms with Crippen LogP contribution in [-0.4, -0.2) is 11.4 Å². The van der Waals surface area contributed by atoms with Crippen molar-refractivity contribution in [2.45, 2.75) is 0 Å². The highest BCUT2D eigenvalue weighted by molar-refractivity contribution is 5.46. The molecule has 70 valence electrons. The predicted octanol–water partition coefficient (Wildman–Crippen LogP) is 1.29. The summed E-state index contributed by atoms with van der Waals surface area (Å²) in [6.45, 7) is 0.265. The normalized spacial score (nSPS) is 8.31. The van der Waals surface area contributed by atoms with Gasteiger partial charge in [0.15, 0.2) is 0 Å². The van der Waals surface area contributed by atoms with Gasteiger partial charge in [-0.05, 0) is 12.1 Å². The molecule has 0 saturated carbocycles. The van der Waals surface area contributed by atoms with Crippen molar-refractivity contribution in [2.75, 3.05) is 0 Å². The zero-order valence-corrected chi connectivity index (χ0v) is 6.67. The molecule has 0 aromatic heterocycles. The molecule has 0 saturated heterocycles. The minimum absolute atomic E-state index is 0. The number of non-ortho nitro benzene ring substituents is 1. The van der Waals surface area contributed by atoms with Crippen LogP contribution in [0.3, 0.4) is 0 Å². The highest BCUT2D eigenvalue weighted by atomic mass is 16.6. The molecule has 0 amide bonds. The first-order chi connectivity index (χ1) is 5.74. The zero-order valence-electron chi connectivity index (χ0n) is 6.67. The van der Waals surface area contributed by atoms with Gasteiger partial charge in [-0.3, -0.25) is 14.9 Å². The largest absolute Gasteiger partial charge is 0.429 e. The van der Waals surface area contributed by atoms with Crippen LogP contribution in [0.5, 0.6) is 5.75 Å². The van der Waals surface area contributed by atoms with Gasteiger partial charge in [-0.2, -0.15) is 0 Å². The van der Waals surface area contributed by atoms with Crippen LogP contribution in [0.4, 0.5) is 5.69 Å². The number of hydrogen-bond donors (Lipinski definition) is 1. The summed E-state index contributed by atoms with van der Waals surface area (Å²) in [5.74, 6) is 0.288. The Bertz CT molecular complexity index is 296. The lowest BCUT2D eigenvalue weighted by Crippen LogP contribution is -1.90. The second kappa shape index (κ2) is 4.83. The molecule has 13 heavy (non-hydrogen) atoms. The highest BCUT2D eigenvalue weighted by Crippen LogP contribution is 2.16. The van der Waals surface area contributed by atoms with E-state index in [1.807, 2.05) is 0 Å². The standard InChI is InChI=1S/C7H5NO4.H3N/c9-5-12-7-3-1-6(2-4-7)8(10)11;/h1-5H;1H3. The SMILES string of the molecule is N.O=COc1ccc([N+](=O)[O-])cc1. The van der Waals surface area contributed by atoms with Gasteiger partial charge in [-0.15, -0.1) is 0 Å². The molecule has 1 aromatic rings. The first-order valence-electron chi connectivity index (χ1n) is 3.09. The maximum atomic E-state index is 10.2. The van der Waals surface area contributed by atoms with Crippen molar-refractivity contribution in [1.29, 1.82) is 0 Å². The average molecular weight is 184 g/mol. The lowest BCUT2D eigenvalue weighted by molar-refractivity contribution is -0.384. The molecule has 0 aliphatic heterocycles. The van der Waals surface area contributed by atoms with Crippen molar-refractivity contribution < 1.29 is 14.5 Å². The number of benzene rings is 1. The van der Waals surface area contributed by atoms with Gasteiger partial charge in [0.05, 0.1) is 4.92 Å². The molecule has 6 nitrogen and oxygen atoms in total. The molecule has 0 heterocycles. The number of rotatable bonds is 3. The van der Waals surface area contributed by atoms with Crippen molar-refractivity contribution in [3.63, 3.8) is 0 Å². The van der Waals surface area contributed by atoms with Crippen molar-refractivity contribution in [3.05, 3.63) is 34.4 Å². The molecule has 1 aromatic carbocycles. The molecule has 3 N–H and O–H groups in total. The summed E-state index contributed by atoms with van der Waals surface area (Å²) < 4.78 is 4.44. The van der Waals surface area contributed by atoms with Gasteiger partial charge in [-0.1, -0.05) is 0 Å². The third kappa shape index (κ3) is 2.88. The topological polar surface area (TPSA) is 104 Å². The molecule has 0 aliphatic carbocycles. The first kappa shape index (κ1) is 11.1. The van der Waals surface area contributed by atoms with Gasteiger partial charge in [0.1, 0.15) is 5.75 Å². The third-order valence-corrected chi connectivity index (χ3v) is 1.23. The Morgan fingerprint density at radius 1 is 1.31 bits per heavy atom. The van der Waals surface area contributed by atoms with Crippen LogP contribution in [-0.2, 0) is 4.79 Å². The van der Waals surface area contributed by atoms with Crippen LogP contribution in [0.15, 0.2) is 24.3 Å². The van der Waals surface area contributed by atoms with Crippen molar-refractivity contribution >= 4 is 12.2 Å². The number of hydrogen-bond acceptors (Lipinski definition) is 5. The summed E-state index contributed by atoms with van der Waals surface area (Å²) in [5.41, 5.74) is -0.0340. The quantitative estimate of drug-likeness (QED) is 0.433. The van der Waals surface area contributed by atoms with Crippen molar-refractivity contribution in [2.24, 2.45) is 0 Å². The Hall–Kier alpha value is -1.95. The summed E-state index contributed by atoms with van der Waals surface area (Å²) in [7, 11) is 0.